The maximum Gasteiger partial charge on any atom is 0.287 e. The molecule has 0 unspecified atom stereocenters. The van der Waals surface area contributed by atoms with E-state index in [9.17, 15) is 4.79 Å². The highest BCUT2D eigenvalue weighted by Gasteiger charge is 2.19. The van der Waals surface area contributed by atoms with Crippen molar-refractivity contribution in [3.05, 3.63) is 50.7 Å². The molecule has 0 radical (unpaired) electrons. The summed E-state index contributed by atoms with van der Waals surface area (Å²) in [5.74, 6) is 2.79. The monoisotopic (exact) mass is 420 g/mol. The van der Waals surface area contributed by atoms with Crippen molar-refractivity contribution >= 4 is 50.7 Å². The zero-order valence-electron chi connectivity index (χ0n) is 14.5. The van der Waals surface area contributed by atoms with Crippen LogP contribution in [0.5, 0.6) is 11.5 Å². The first kappa shape index (κ1) is 19.3. The molecule has 1 heterocycles. The highest BCUT2D eigenvalue weighted by Crippen LogP contribution is 2.31. The Kier molecular flexibility index (Phi) is 5.76. The van der Waals surface area contributed by atoms with Gasteiger partial charge in [-0.25, -0.2) is 0 Å². The Bertz CT molecular complexity index is 1120. The molecule has 0 aliphatic heterocycles. The number of aromatic nitrogens is 1. The minimum absolute atomic E-state index is 0.205. The molecule has 27 heavy (non-hydrogen) atoms. The fraction of sp³-hybridized carbons (Fsp3) is 0.158. The van der Waals surface area contributed by atoms with E-state index in [2.05, 4.69) is 10.9 Å². The average molecular weight is 421 g/mol. The Balaban J connectivity index is 2.26. The number of amides is 1. The van der Waals surface area contributed by atoms with Gasteiger partial charge in [0.05, 0.1) is 36.0 Å². The molecule has 1 amide bonds. The predicted molar refractivity (Wildman–Crippen MR) is 108 cm³/mol. The van der Waals surface area contributed by atoms with Crippen molar-refractivity contribution in [3.63, 3.8) is 0 Å². The molecule has 0 atom stereocenters. The molecule has 138 valence electrons. The second-order valence-corrected chi connectivity index (χ2v) is 7.22. The van der Waals surface area contributed by atoms with Gasteiger partial charge in [0.1, 0.15) is 17.1 Å². The number of rotatable bonds is 4. The fourth-order valence-electron chi connectivity index (χ4n) is 2.66. The summed E-state index contributed by atoms with van der Waals surface area (Å²) in [5.41, 5.74) is 0.916. The van der Waals surface area contributed by atoms with Gasteiger partial charge in [-0.3, -0.25) is 4.79 Å². The van der Waals surface area contributed by atoms with Crippen molar-refractivity contribution < 1.29 is 14.3 Å². The van der Waals surface area contributed by atoms with Crippen LogP contribution in [-0.4, -0.2) is 24.7 Å². The minimum Gasteiger partial charge on any atom is -0.496 e. The van der Waals surface area contributed by atoms with Gasteiger partial charge in [0.25, 0.3) is 5.91 Å². The molecule has 0 fully saturated rings. The van der Waals surface area contributed by atoms with Gasteiger partial charge in [0.15, 0.2) is 4.80 Å². The van der Waals surface area contributed by atoms with E-state index in [1.54, 1.807) is 34.9 Å². The largest absolute Gasteiger partial charge is 0.496 e. The molecular formula is C19H14Cl2N2O3S. The van der Waals surface area contributed by atoms with Crippen molar-refractivity contribution in [1.29, 1.82) is 0 Å². The maximum atomic E-state index is 12.9. The molecule has 0 N–H and O–H groups in total. The van der Waals surface area contributed by atoms with Crippen LogP contribution in [0.15, 0.2) is 35.3 Å². The van der Waals surface area contributed by atoms with Crippen LogP contribution in [0.4, 0.5) is 0 Å². The molecule has 0 aliphatic rings. The number of halogens is 2. The van der Waals surface area contributed by atoms with Crippen LogP contribution in [0, 0.1) is 12.3 Å². The van der Waals surface area contributed by atoms with Crippen LogP contribution in [0.25, 0.3) is 10.2 Å². The lowest BCUT2D eigenvalue weighted by Gasteiger charge is -2.09. The van der Waals surface area contributed by atoms with Crippen molar-refractivity contribution in [2.24, 2.45) is 4.99 Å². The van der Waals surface area contributed by atoms with Crippen molar-refractivity contribution in [2.45, 2.75) is 6.54 Å². The van der Waals surface area contributed by atoms with Crippen molar-refractivity contribution in [3.8, 4) is 23.8 Å². The third kappa shape index (κ3) is 3.67. The van der Waals surface area contributed by atoms with Gasteiger partial charge in [0, 0.05) is 5.02 Å². The number of ether oxygens (including phenoxy) is 2. The summed E-state index contributed by atoms with van der Waals surface area (Å²) in [5, 5.41) is 0.929. The SMILES string of the molecule is C#CCn1c(=NC(=O)c2c(OC)cccc2OC)sc2cc(Cl)cc(Cl)c21. The molecular weight excluding hydrogens is 407 g/mol. The third-order valence-electron chi connectivity index (χ3n) is 3.78. The van der Waals surface area contributed by atoms with Crippen LogP contribution >= 0.6 is 34.5 Å². The van der Waals surface area contributed by atoms with Crippen molar-refractivity contribution in [2.75, 3.05) is 14.2 Å². The molecule has 0 spiro atoms. The van der Waals surface area contributed by atoms with E-state index < -0.39 is 5.91 Å². The molecule has 0 bridgehead atoms. The number of methoxy groups -OCH3 is 2. The average Bonchev–Trinajstić information content (AvgIpc) is 2.98. The molecule has 1 aromatic heterocycles. The molecule has 8 heteroatoms. The standard InChI is InChI=1S/C19H14Cl2N2O3S/c1-4-8-23-17-12(21)9-11(20)10-15(17)27-19(23)22-18(24)16-13(25-2)6-5-7-14(16)26-3/h1,5-7,9-10H,8H2,2-3H3. The first-order chi connectivity index (χ1) is 13.0. The first-order valence-corrected chi connectivity index (χ1v) is 9.29. The van der Waals surface area contributed by atoms with Gasteiger partial charge in [-0.2, -0.15) is 4.99 Å². The molecule has 2 aromatic carbocycles. The Labute approximate surface area is 169 Å². The summed E-state index contributed by atoms with van der Waals surface area (Å²) in [6.07, 6.45) is 5.49. The number of hydrogen-bond donors (Lipinski definition) is 0. The van der Waals surface area contributed by atoms with E-state index >= 15 is 0 Å². The molecule has 3 aromatic rings. The van der Waals surface area contributed by atoms with Crippen molar-refractivity contribution in [1.82, 2.24) is 4.57 Å². The number of benzene rings is 2. The van der Waals surface area contributed by atoms with Gasteiger partial charge in [0.2, 0.25) is 0 Å². The van der Waals surface area contributed by atoms with E-state index in [1.165, 1.54) is 25.6 Å². The number of hydrogen-bond acceptors (Lipinski definition) is 4. The van der Waals surface area contributed by atoms with Crippen LogP contribution in [-0.2, 0) is 6.54 Å². The van der Waals surface area contributed by atoms with Crippen LogP contribution < -0.4 is 14.3 Å². The quantitative estimate of drug-likeness (QED) is 0.587. The Morgan fingerprint density at radius 1 is 1.26 bits per heavy atom. The lowest BCUT2D eigenvalue weighted by molar-refractivity contribution is 0.0992. The summed E-state index contributed by atoms with van der Waals surface area (Å²) < 4.78 is 13.1. The van der Waals surface area contributed by atoms with E-state index in [1.807, 2.05) is 0 Å². The molecule has 3 rings (SSSR count). The highest BCUT2D eigenvalue weighted by atomic mass is 35.5. The van der Waals surface area contributed by atoms with Crippen LogP contribution in [0.3, 0.4) is 0 Å². The van der Waals surface area contributed by atoms with Crippen LogP contribution in [0.2, 0.25) is 10.0 Å². The van der Waals surface area contributed by atoms with E-state index in [4.69, 9.17) is 39.1 Å². The number of terminal acetylenes is 1. The lowest BCUT2D eigenvalue weighted by atomic mass is 10.1. The second kappa shape index (κ2) is 8.05. The maximum absolute atomic E-state index is 12.9. The molecule has 0 saturated heterocycles. The van der Waals surface area contributed by atoms with Gasteiger partial charge >= 0.3 is 0 Å². The summed E-state index contributed by atoms with van der Waals surface area (Å²) >= 11 is 13.7. The summed E-state index contributed by atoms with van der Waals surface area (Å²) in [6.45, 7) is 0.205. The molecule has 0 aliphatic carbocycles. The van der Waals surface area contributed by atoms with Gasteiger partial charge in [-0.05, 0) is 24.3 Å². The Morgan fingerprint density at radius 3 is 2.52 bits per heavy atom. The summed E-state index contributed by atoms with van der Waals surface area (Å²) in [4.78, 5) is 17.6. The molecule has 5 nitrogen and oxygen atoms in total. The predicted octanol–water partition coefficient (Wildman–Crippen LogP) is 4.40. The Morgan fingerprint density at radius 2 is 1.93 bits per heavy atom. The minimum atomic E-state index is -0.510. The summed E-state index contributed by atoms with van der Waals surface area (Å²) in [7, 11) is 2.95. The number of fused-ring (bicyclic) bond motifs is 1. The van der Waals surface area contributed by atoms with Gasteiger partial charge in [-0.15, -0.1) is 6.42 Å². The second-order valence-electron chi connectivity index (χ2n) is 5.36. The smallest absolute Gasteiger partial charge is 0.287 e. The zero-order chi connectivity index (χ0) is 19.6. The molecule has 0 saturated carbocycles. The number of nitrogens with zero attached hydrogens (tertiary/aromatic N) is 2. The van der Waals surface area contributed by atoms with Gasteiger partial charge < -0.3 is 14.0 Å². The number of carbonyl (C=O) groups is 1. The Hall–Kier alpha value is -2.46. The van der Waals surface area contributed by atoms with E-state index in [0.717, 1.165) is 4.70 Å². The number of carbonyl (C=O) groups excluding carboxylic acids is 1. The normalized spacial score (nSPS) is 11.4. The lowest BCUT2D eigenvalue weighted by Crippen LogP contribution is -2.17. The van der Waals surface area contributed by atoms with E-state index in [-0.39, 0.29) is 12.1 Å². The van der Waals surface area contributed by atoms with Crippen LogP contribution in [0.1, 0.15) is 10.4 Å². The van der Waals surface area contributed by atoms with Gasteiger partial charge in [-0.1, -0.05) is 46.5 Å². The third-order valence-corrected chi connectivity index (χ3v) is 5.32. The number of thiazole rings is 1. The summed E-state index contributed by atoms with van der Waals surface area (Å²) in [6, 6.07) is 8.45. The zero-order valence-corrected chi connectivity index (χ0v) is 16.8. The fourth-order valence-corrected chi connectivity index (χ4v) is 4.47. The first-order valence-electron chi connectivity index (χ1n) is 7.72. The highest BCUT2D eigenvalue weighted by molar-refractivity contribution is 7.16. The topological polar surface area (TPSA) is 52.8 Å². The van der Waals surface area contributed by atoms with E-state index in [0.29, 0.717) is 31.9 Å².